The molecule has 1 atom stereocenters. The van der Waals surface area contributed by atoms with Gasteiger partial charge in [0.2, 0.25) is 0 Å². The molecule has 1 aromatic heterocycles. The fraction of sp³-hybridized carbons (Fsp3) is 0.688. The first kappa shape index (κ1) is 13.8. The Balaban J connectivity index is 1.63. The van der Waals surface area contributed by atoms with E-state index in [0.29, 0.717) is 6.10 Å². The highest BCUT2D eigenvalue weighted by atomic mass is 16.5. The zero-order valence-electron chi connectivity index (χ0n) is 12.6. The van der Waals surface area contributed by atoms with Gasteiger partial charge in [0.1, 0.15) is 5.82 Å². The van der Waals surface area contributed by atoms with Crippen molar-refractivity contribution in [2.24, 2.45) is 0 Å². The van der Waals surface area contributed by atoms with Gasteiger partial charge in [0.25, 0.3) is 0 Å². The number of aryl methyl sites for hydroxylation is 1. The van der Waals surface area contributed by atoms with Gasteiger partial charge in [-0.3, -0.25) is 0 Å². The Bertz CT molecular complexity index is 453. The molecule has 2 fully saturated rings. The summed E-state index contributed by atoms with van der Waals surface area (Å²) >= 11 is 0. The second kappa shape index (κ2) is 6.10. The first-order valence-corrected chi connectivity index (χ1v) is 7.74. The van der Waals surface area contributed by atoms with E-state index in [4.69, 9.17) is 4.74 Å². The van der Waals surface area contributed by atoms with Crippen molar-refractivity contribution in [1.29, 1.82) is 0 Å². The zero-order valence-corrected chi connectivity index (χ0v) is 12.6. The Labute approximate surface area is 121 Å². The summed E-state index contributed by atoms with van der Waals surface area (Å²) in [6.07, 6.45) is 5.39. The van der Waals surface area contributed by atoms with Crippen LogP contribution in [0, 0.1) is 6.92 Å². The summed E-state index contributed by atoms with van der Waals surface area (Å²) in [5, 5.41) is 3.57. The first-order chi connectivity index (χ1) is 9.70. The Morgan fingerprint density at radius 2 is 2.20 bits per heavy atom. The molecule has 3 rings (SSSR count). The summed E-state index contributed by atoms with van der Waals surface area (Å²) in [6.45, 7) is 4.88. The minimum atomic E-state index is 0.371. The molecule has 0 amide bonds. The molecule has 1 saturated carbocycles. The molecule has 2 aliphatic rings. The lowest BCUT2D eigenvalue weighted by molar-refractivity contribution is 0.116. The number of pyridine rings is 1. The molecule has 2 heterocycles. The SMILES string of the molecule is Cc1cc(CNC2CC2)cc(N(C)CC2CCCO2)n1. The van der Waals surface area contributed by atoms with E-state index in [9.17, 15) is 0 Å². The van der Waals surface area contributed by atoms with Gasteiger partial charge in [0.05, 0.1) is 6.10 Å². The quantitative estimate of drug-likeness (QED) is 0.864. The lowest BCUT2D eigenvalue weighted by atomic mass is 10.2. The summed E-state index contributed by atoms with van der Waals surface area (Å²) < 4.78 is 5.71. The molecule has 1 saturated heterocycles. The predicted molar refractivity (Wildman–Crippen MR) is 81.1 cm³/mol. The molecule has 0 aromatic carbocycles. The van der Waals surface area contributed by atoms with Crippen molar-refractivity contribution in [2.75, 3.05) is 25.1 Å². The van der Waals surface area contributed by atoms with E-state index < -0.39 is 0 Å². The Hall–Kier alpha value is -1.13. The normalized spacial score (nSPS) is 22.2. The van der Waals surface area contributed by atoms with Crippen molar-refractivity contribution < 1.29 is 4.74 Å². The van der Waals surface area contributed by atoms with Gasteiger partial charge in [0.15, 0.2) is 0 Å². The number of anilines is 1. The molecule has 1 aromatic rings. The highest BCUT2D eigenvalue weighted by Gasteiger charge is 2.21. The van der Waals surface area contributed by atoms with E-state index in [1.54, 1.807) is 0 Å². The van der Waals surface area contributed by atoms with Crippen LogP contribution in [0.4, 0.5) is 5.82 Å². The van der Waals surface area contributed by atoms with Crippen molar-refractivity contribution in [1.82, 2.24) is 10.3 Å². The Morgan fingerprint density at radius 1 is 1.35 bits per heavy atom. The number of nitrogens with one attached hydrogen (secondary N) is 1. The average molecular weight is 275 g/mol. The van der Waals surface area contributed by atoms with Crippen LogP contribution >= 0.6 is 0 Å². The predicted octanol–water partition coefficient (Wildman–Crippen LogP) is 2.26. The third-order valence-electron chi connectivity index (χ3n) is 4.06. The molecule has 110 valence electrons. The molecule has 1 aliphatic carbocycles. The summed E-state index contributed by atoms with van der Waals surface area (Å²) in [5.74, 6) is 1.06. The summed E-state index contributed by atoms with van der Waals surface area (Å²) in [5.41, 5.74) is 2.42. The number of nitrogens with zero attached hydrogens (tertiary/aromatic N) is 2. The number of aromatic nitrogens is 1. The maximum atomic E-state index is 5.71. The van der Waals surface area contributed by atoms with Crippen LogP contribution in [0.25, 0.3) is 0 Å². The van der Waals surface area contributed by atoms with E-state index in [1.165, 1.54) is 31.2 Å². The monoisotopic (exact) mass is 275 g/mol. The number of rotatable bonds is 6. The highest BCUT2D eigenvalue weighted by Crippen LogP contribution is 2.21. The van der Waals surface area contributed by atoms with Crippen LogP contribution in [0.1, 0.15) is 36.9 Å². The van der Waals surface area contributed by atoms with Crippen LogP contribution in [0.3, 0.4) is 0 Å². The van der Waals surface area contributed by atoms with Gasteiger partial charge in [-0.1, -0.05) is 0 Å². The molecule has 4 heteroatoms. The largest absolute Gasteiger partial charge is 0.376 e. The molecular formula is C16H25N3O. The summed E-state index contributed by atoms with van der Waals surface area (Å²) in [4.78, 5) is 6.89. The van der Waals surface area contributed by atoms with Gasteiger partial charge in [0, 0.05) is 38.5 Å². The highest BCUT2D eigenvalue weighted by molar-refractivity contribution is 5.42. The van der Waals surface area contributed by atoms with Gasteiger partial charge in [-0.05, 0) is 50.3 Å². The van der Waals surface area contributed by atoms with Crippen LogP contribution in [0.5, 0.6) is 0 Å². The van der Waals surface area contributed by atoms with Gasteiger partial charge in [-0.2, -0.15) is 0 Å². The Morgan fingerprint density at radius 3 is 2.90 bits per heavy atom. The van der Waals surface area contributed by atoms with Crippen molar-refractivity contribution in [3.8, 4) is 0 Å². The zero-order chi connectivity index (χ0) is 13.9. The lowest BCUT2D eigenvalue weighted by Gasteiger charge is -2.22. The van der Waals surface area contributed by atoms with Gasteiger partial charge in [-0.25, -0.2) is 4.98 Å². The number of hydrogen-bond donors (Lipinski definition) is 1. The van der Waals surface area contributed by atoms with Gasteiger partial charge < -0.3 is 15.0 Å². The minimum Gasteiger partial charge on any atom is -0.376 e. The molecular weight excluding hydrogens is 250 g/mol. The minimum absolute atomic E-state index is 0.371. The fourth-order valence-electron chi connectivity index (χ4n) is 2.76. The third-order valence-corrected chi connectivity index (χ3v) is 4.06. The molecule has 1 unspecified atom stereocenters. The van der Waals surface area contributed by atoms with Gasteiger partial charge >= 0.3 is 0 Å². The number of likely N-dealkylation sites (N-methyl/N-ethyl adjacent to an activating group) is 1. The smallest absolute Gasteiger partial charge is 0.128 e. The van der Waals surface area contributed by atoms with Crippen molar-refractivity contribution in [3.63, 3.8) is 0 Å². The first-order valence-electron chi connectivity index (χ1n) is 7.74. The maximum Gasteiger partial charge on any atom is 0.128 e. The molecule has 4 nitrogen and oxygen atoms in total. The number of hydrogen-bond acceptors (Lipinski definition) is 4. The van der Waals surface area contributed by atoms with Crippen molar-refractivity contribution in [3.05, 3.63) is 23.4 Å². The molecule has 1 aliphatic heterocycles. The second-order valence-corrected chi connectivity index (χ2v) is 6.15. The van der Waals surface area contributed by atoms with E-state index >= 15 is 0 Å². The topological polar surface area (TPSA) is 37.4 Å². The van der Waals surface area contributed by atoms with E-state index in [-0.39, 0.29) is 0 Å². The van der Waals surface area contributed by atoms with Gasteiger partial charge in [-0.15, -0.1) is 0 Å². The van der Waals surface area contributed by atoms with Crippen LogP contribution in [-0.2, 0) is 11.3 Å². The van der Waals surface area contributed by atoms with Crippen LogP contribution in [0.15, 0.2) is 12.1 Å². The van der Waals surface area contributed by atoms with Crippen molar-refractivity contribution >= 4 is 5.82 Å². The average Bonchev–Trinajstić information content (AvgIpc) is 3.12. The summed E-state index contributed by atoms with van der Waals surface area (Å²) in [6, 6.07) is 5.13. The van der Waals surface area contributed by atoms with Crippen LogP contribution < -0.4 is 10.2 Å². The molecule has 20 heavy (non-hydrogen) atoms. The molecule has 0 spiro atoms. The molecule has 0 radical (unpaired) electrons. The standard InChI is InChI=1S/C16H25N3O/c1-12-8-13(10-17-14-5-6-14)9-16(18-12)19(2)11-15-4-3-7-20-15/h8-9,14-15,17H,3-7,10-11H2,1-2H3. The fourth-order valence-corrected chi connectivity index (χ4v) is 2.76. The second-order valence-electron chi connectivity index (χ2n) is 6.15. The third kappa shape index (κ3) is 3.70. The van der Waals surface area contributed by atoms with Crippen molar-refractivity contribution in [2.45, 2.75) is 51.3 Å². The van der Waals surface area contributed by atoms with Crippen LogP contribution in [-0.4, -0.2) is 37.3 Å². The van der Waals surface area contributed by atoms with Crippen LogP contribution in [0.2, 0.25) is 0 Å². The summed E-state index contributed by atoms with van der Waals surface area (Å²) in [7, 11) is 2.11. The maximum absolute atomic E-state index is 5.71. The number of ether oxygens (including phenoxy) is 1. The molecule has 0 bridgehead atoms. The van der Waals surface area contributed by atoms with E-state index in [1.807, 2.05) is 0 Å². The lowest BCUT2D eigenvalue weighted by Crippen LogP contribution is -2.29. The van der Waals surface area contributed by atoms with E-state index in [0.717, 1.165) is 37.3 Å². The van der Waals surface area contributed by atoms with E-state index in [2.05, 4.69) is 41.3 Å². The molecule has 1 N–H and O–H groups in total. The Kier molecular flexibility index (Phi) is 4.22.